The van der Waals surface area contributed by atoms with Crippen molar-refractivity contribution in [2.24, 2.45) is 0 Å². The quantitative estimate of drug-likeness (QED) is 0.221. The summed E-state index contributed by atoms with van der Waals surface area (Å²) < 4.78 is 0. The Kier molecular flexibility index (Phi) is 4.40. The topological polar surface area (TPSA) is 15.8 Å². The van der Waals surface area contributed by atoms with Gasteiger partial charge in [0.15, 0.2) is 0 Å². The minimum atomic E-state index is -0.422. The van der Waals surface area contributed by atoms with E-state index in [1.165, 1.54) is 87.9 Å². The third-order valence-electron chi connectivity index (χ3n) is 9.55. The van der Waals surface area contributed by atoms with Gasteiger partial charge in [-0.2, -0.15) is 0 Å². The molecule has 0 bridgehead atoms. The van der Waals surface area contributed by atoms with Gasteiger partial charge in [0.1, 0.15) is 0 Å². The predicted molar refractivity (Wildman–Crippen MR) is 175 cm³/mol. The first-order valence-electron chi connectivity index (χ1n) is 14.4. The fourth-order valence-electron chi connectivity index (χ4n) is 8.04. The van der Waals surface area contributed by atoms with Crippen LogP contribution in [0, 0.1) is 0 Å². The molecule has 1 nitrogen and oxygen atoms in total. The number of hydrogen-bond acceptors (Lipinski definition) is 0. The molecule has 6 aromatic carbocycles. The average Bonchev–Trinajstić information content (AvgIpc) is 3.65. The Labute approximate surface area is 238 Å². The molecule has 9 rings (SSSR count). The van der Waals surface area contributed by atoms with E-state index in [0.717, 1.165) is 0 Å². The highest BCUT2D eigenvalue weighted by Gasteiger charge is 2.54. The molecule has 2 aliphatic carbocycles. The zero-order valence-corrected chi connectivity index (χ0v) is 22.8. The van der Waals surface area contributed by atoms with Gasteiger partial charge in [-0.05, 0) is 62.0 Å². The smallest absolute Gasteiger partial charge is 0.0726 e. The second kappa shape index (κ2) is 7.96. The summed E-state index contributed by atoms with van der Waals surface area (Å²) in [7, 11) is 0. The number of fused-ring (bicyclic) bond motifs is 15. The van der Waals surface area contributed by atoms with Gasteiger partial charge in [-0.3, -0.25) is 0 Å². The van der Waals surface area contributed by atoms with Gasteiger partial charge in [0.2, 0.25) is 0 Å². The third-order valence-corrected chi connectivity index (χ3v) is 9.55. The highest BCUT2D eigenvalue weighted by Crippen LogP contribution is 2.65. The Hall–Kier alpha value is -5.14. The maximum atomic E-state index is 4.17. The summed E-state index contributed by atoms with van der Waals surface area (Å²) in [6.07, 6.45) is 6.47. The maximum absolute atomic E-state index is 4.17. The Morgan fingerprint density at radius 3 is 2.05 bits per heavy atom. The van der Waals surface area contributed by atoms with Gasteiger partial charge >= 0.3 is 0 Å². The number of allylic oxidation sites excluding steroid dienone is 5. The summed E-state index contributed by atoms with van der Waals surface area (Å²) in [6, 6.07) is 40.5. The van der Waals surface area contributed by atoms with Crippen molar-refractivity contribution in [3.63, 3.8) is 0 Å². The first-order chi connectivity index (χ1) is 20.3. The van der Waals surface area contributed by atoms with Crippen molar-refractivity contribution in [2.75, 3.05) is 0 Å². The minimum Gasteiger partial charge on any atom is -0.353 e. The molecule has 1 unspecified atom stereocenters. The minimum absolute atomic E-state index is 0.422. The lowest BCUT2D eigenvalue weighted by Gasteiger charge is -2.31. The Balaban J connectivity index is 1.54. The lowest BCUT2D eigenvalue weighted by Crippen LogP contribution is -2.26. The van der Waals surface area contributed by atoms with Crippen LogP contribution in [-0.4, -0.2) is 4.98 Å². The van der Waals surface area contributed by atoms with Crippen LogP contribution in [0.1, 0.15) is 29.2 Å². The van der Waals surface area contributed by atoms with Gasteiger partial charge in [0.05, 0.1) is 16.4 Å². The van der Waals surface area contributed by atoms with Crippen LogP contribution in [0.25, 0.3) is 60.1 Å². The molecule has 1 spiro atoms. The van der Waals surface area contributed by atoms with Crippen molar-refractivity contribution in [3.05, 3.63) is 162 Å². The Morgan fingerprint density at radius 1 is 0.585 bits per heavy atom. The SMILES string of the molecule is C=C/C=C1\C(=C/C)c2ccccc2C12c1ccc3ccccc3c1-c1c2ccc2c1[nH]c1c3ccccc3ccc21. The highest BCUT2D eigenvalue weighted by atomic mass is 14.7. The van der Waals surface area contributed by atoms with E-state index in [-0.39, 0.29) is 0 Å². The molecule has 41 heavy (non-hydrogen) atoms. The zero-order valence-electron chi connectivity index (χ0n) is 22.8. The predicted octanol–water partition coefficient (Wildman–Crippen LogP) is 10.5. The van der Waals surface area contributed by atoms with E-state index in [4.69, 9.17) is 0 Å². The first-order valence-corrected chi connectivity index (χ1v) is 14.4. The van der Waals surface area contributed by atoms with Crippen molar-refractivity contribution < 1.29 is 0 Å². The molecule has 0 aliphatic heterocycles. The highest BCUT2D eigenvalue weighted by molar-refractivity contribution is 6.22. The van der Waals surface area contributed by atoms with Gasteiger partial charge < -0.3 is 4.98 Å². The number of H-pyrrole nitrogens is 1. The van der Waals surface area contributed by atoms with Crippen LogP contribution in [0.4, 0.5) is 0 Å². The summed E-state index contributed by atoms with van der Waals surface area (Å²) in [4.78, 5) is 3.98. The monoisotopic (exact) mass is 521 g/mol. The van der Waals surface area contributed by atoms with E-state index in [2.05, 4.69) is 140 Å². The van der Waals surface area contributed by atoms with Crippen LogP contribution in [0.2, 0.25) is 0 Å². The van der Waals surface area contributed by atoms with Crippen LogP contribution in [-0.2, 0) is 5.41 Å². The molecular formula is C40H27N. The standard InChI is InChI=1S/C40H27N/c1-3-11-32-26(4-2)29-16-9-10-17-33(29)40(32)34-22-19-24-12-5-7-14-27(24)36(34)37-35(40)23-21-31-30-20-18-25-13-6-8-15-28(25)38(30)41-39(31)37/h3-23,41H,1H2,2H3/b26-4-,32-11+. The molecule has 0 radical (unpaired) electrons. The second-order valence-corrected chi connectivity index (χ2v) is 11.3. The first kappa shape index (κ1) is 22.7. The molecule has 0 saturated carbocycles. The van der Waals surface area contributed by atoms with E-state index >= 15 is 0 Å². The summed E-state index contributed by atoms with van der Waals surface area (Å²) in [5.74, 6) is 0. The lowest BCUT2D eigenvalue weighted by molar-refractivity contribution is 0.796. The van der Waals surface area contributed by atoms with E-state index in [0.29, 0.717) is 0 Å². The van der Waals surface area contributed by atoms with Crippen molar-refractivity contribution in [2.45, 2.75) is 12.3 Å². The van der Waals surface area contributed by atoms with Crippen molar-refractivity contribution in [3.8, 4) is 11.1 Å². The maximum Gasteiger partial charge on any atom is 0.0726 e. The van der Waals surface area contributed by atoms with E-state index in [1.807, 2.05) is 6.08 Å². The van der Waals surface area contributed by atoms with Crippen molar-refractivity contribution >= 4 is 48.9 Å². The van der Waals surface area contributed by atoms with Gasteiger partial charge in [-0.15, -0.1) is 0 Å². The van der Waals surface area contributed by atoms with E-state index < -0.39 is 5.41 Å². The lowest BCUT2D eigenvalue weighted by atomic mass is 9.70. The molecule has 2 aliphatic rings. The Bertz CT molecular complexity index is 2340. The summed E-state index contributed by atoms with van der Waals surface area (Å²) in [5, 5.41) is 7.61. The average molecular weight is 522 g/mol. The van der Waals surface area contributed by atoms with Crippen LogP contribution in [0.15, 0.2) is 140 Å². The largest absolute Gasteiger partial charge is 0.353 e. The molecule has 0 saturated heterocycles. The number of nitrogens with one attached hydrogen (secondary N) is 1. The second-order valence-electron chi connectivity index (χ2n) is 11.3. The summed E-state index contributed by atoms with van der Waals surface area (Å²) >= 11 is 0. The number of rotatable bonds is 1. The zero-order chi connectivity index (χ0) is 27.3. The molecule has 192 valence electrons. The summed E-state index contributed by atoms with van der Waals surface area (Å²) in [6.45, 7) is 6.33. The third kappa shape index (κ3) is 2.62. The van der Waals surface area contributed by atoms with Crippen molar-refractivity contribution in [1.82, 2.24) is 4.98 Å². The molecule has 0 fully saturated rings. The van der Waals surface area contributed by atoms with E-state index in [9.17, 15) is 0 Å². The molecular weight excluding hydrogens is 494 g/mol. The van der Waals surface area contributed by atoms with Crippen molar-refractivity contribution in [1.29, 1.82) is 0 Å². The van der Waals surface area contributed by atoms with Gasteiger partial charge in [0, 0.05) is 21.7 Å². The normalized spacial score (nSPS) is 19.1. The van der Waals surface area contributed by atoms with E-state index in [1.54, 1.807) is 0 Å². The van der Waals surface area contributed by atoms with Gasteiger partial charge in [-0.1, -0.05) is 134 Å². The molecule has 0 amide bonds. The molecule has 1 heterocycles. The molecule has 1 aromatic heterocycles. The number of aromatic amines is 1. The van der Waals surface area contributed by atoms with Gasteiger partial charge in [-0.25, -0.2) is 0 Å². The Morgan fingerprint density at radius 2 is 1.22 bits per heavy atom. The van der Waals surface area contributed by atoms with Crippen LogP contribution < -0.4 is 0 Å². The van der Waals surface area contributed by atoms with Crippen LogP contribution in [0.5, 0.6) is 0 Å². The molecule has 7 aromatic rings. The summed E-state index contributed by atoms with van der Waals surface area (Å²) in [5.41, 5.74) is 12.6. The van der Waals surface area contributed by atoms with Crippen LogP contribution in [0.3, 0.4) is 0 Å². The molecule has 1 atom stereocenters. The fraction of sp³-hybridized carbons (Fsp3) is 0.0500. The number of hydrogen-bond donors (Lipinski definition) is 1. The molecule has 1 N–H and O–H groups in total. The van der Waals surface area contributed by atoms with Crippen LogP contribution >= 0.6 is 0 Å². The number of aromatic nitrogens is 1. The fourth-order valence-corrected chi connectivity index (χ4v) is 8.04. The number of benzene rings is 6. The van der Waals surface area contributed by atoms with Gasteiger partial charge in [0.25, 0.3) is 0 Å². The molecule has 1 heteroatoms.